The average Bonchev–Trinajstić information content (AvgIpc) is 2.04. The van der Waals surface area contributed by atoms with Gasteiger partial charge in [0.2, 0.25) is 0 Å². The number of aliphatic imine (C=N–C) groups is 1. The van der Waals surface area contributed by atoms with Gasteiger partial charge in [0.15, 0.2) is 0 Å². The Kier molecular flexibility index (Phi) is 3.63. The fourth-order valence-corrected chi connectivity index (χ4v) is 1.58. The first-order chi connectivity index (χ1) is 6.08. The number of nitrogens with zero attached hydrogens (tertiary/aromatic N) is 2. The van der Waals surface area contributed by atoms with Crippen LogP contribution in [0, 0.1) is 0 Å². The van der Waals surface area contributed by atoms with E-state index in [-0.39, 0.29) is 6.04 Å². The van der Waals surface area contributed by atoms with Crippen molar-refractivity contribution in [1.29, 1.82) is 0 Å². The Bertz CT molecular complexity index is 309. The predicted molar refractivity (Wildman–Crippen MR) is 51.6 cm³/mol. The Morgan fingerprint density at radius 2 is 1.85 bits per heavy atom. The van der Waals surface area contributed by atoms with E-state index >= 15 is 0 Å². The molecule has 4 nitrogen and oxygen atoms in total. The van der Waals surface area contributed by atoms with Gasteiger partial charge in [-0.3, -0.25) is 0 Å². The van der Waals surface area contributed by atoms with Crippen molar-refractivity contribution < 1.29 is 8.42 Å². The minimum atomic E-state index is -3.30. The van der Waals surface area contributed by atoms with E-state index in [2.05, 4.69) is 15.4 Å². The summed E-state index contributed by atoms with van der Waals surface area (Å²) in [5.74, 6) is 0. The third kappa shape index (κ3) is 4.80. The molecule has 0 aromatic heterocycles. The molecule has 5 heteroatoms. The highest BCUT2D eigenvalue weighted by molar-refractivity contribution is 7.89. The normalized spacial score (nSPS) is 19.2. The van der Waals surface area contributed by atoms with Gasteiger partial charge < -0.3 is 0 Å². The summed E-state index contributed by atoms with van der Waals surface area (Å²) < 4.78 is 24.4. The average molecular weight is 202 g/mol. The van der Waals surface area contributed by atoms with Crippen molar-refractivity contribution in [2.75, 3.05) is 6.26 Å². The van der Waals surface area contributed by atoms with Gasteiger partial charge in [-0.25, -0.2) is 13.4 Å². The molecule has 1 saturated carbocycles. The molecule has 0 aromatic rings. The molecule has 0 saturated heterocycles. The summed E-state index contributed by atoms with van der Waals surface area (Å²) in [6.45, 7) is 0. The van der Waals surface area contributed by atoms with Gasteiger partial charge >= 0.3 is 0 Å². The van der Waals surface area contributed by atoms with E-state index in [9.17, 15) is 8.42 Å². The fraction of sp³-hybridized carbons (Fsp3) is 0.875. The highest BCUT2D eigenvalue weighted by Crippen LogP contribution is 2.19. The molecule has 0 amide bonds. The van der Waals surface area contributed by atoms with Crippen LogP contribution in [0.25, 0.3) is 0 Å². The lowest BCUT2D eigenvalue weighted by atomic mass is 9.96. The maximum absolute atomic E-state index is 10.6. The number of sulfonamides is 1. The molecule has 1 fully saturated rings. The third-order valence-corrected chi connectivity index (χ3v) is 2.43. The highest BCUT2D eigenvalue weighted by Gasteiger charge is 2.10. The van der Waals surface area contributed by atoms with Crippen LogP contribution in [0.3, 0.4) is 0 Å². The van der Waals surface area contributed by atoms with Crippen molar-refractivity contribution in [3.05, 3.63) is 0 Å². The minimum Gasteiger partial charge on any atom is -0.221 e. The van der Waals surface area contributed by atoms with Crippen molar-refractivity contribution in [1.82, 2.24) is 0 Å². The molecular weight excluding hydrogens is 188 g/mol. The first kappa shape index (κ1) is 10.4. The molecular formula is C8H14N2O2S. The second kappa shape index (κ2) is 4.53. The molecule has 0 aliphatic heterocycles. The van der Waals surface area contributed by atoms with Crippen LogP contribution in [0.15, 0.2) is 9.39 Å². The zero-order chi connectivity index (χ0) is 9.73. The molecule has 0 aromatic carbocycles. The van der Waals surface area contributed by atoms with E-state index < -0.39 is 10.0 Å². The largest absolute Gasteiger partial charge is 0.259 e. The van der Waals surface area contributed by atoms with E-state index in [1.54, 1.807) is 0 Å². The molecule has 0 bridgehead atoms. The molecule has 0 radical (unpaired) electrons. The van der Waals surface area contributed by atoms with Crippen LogP contribution in [0.1, 0.15) is 32.1 Å². The topological polar surface area (TPSA) is 58.9 Å². The van der Waals surface area contributed by atoms with Crippen LogP contribution < -0.4 is 0 Å². The molecule has 1 aliphatic rings. The summed E-state index contributed by atoms with van der Waals surface area (Å²) in [5.41, 5.74) is 0. The SMILES string of the molecule is CS(=O)(=O)N=C=NC1CCCCC1. The van der Waals surface area contributed by atoms with Gasteiger partial charge in [-0.2, -0.15) is 0 Å². The number of hydrogen-bond acceptors (Lipinski definition) is 3. The number of rotatable bonds is 2. The van der Waals surface area contributed by atoms with E-state index in [1.807, 2.05) is 0 Å². The molecule has 1 aliphatic carbocycles. The van der Waals surface area contributed by atoms with Crippen molar-refractivity contribution in [3.8, 4) is 0 Å². The third-order valence-electron chi connectivity index (χ3n) is 2.02. The van der Waals surface area contributed by atoms with Gasteiger partial charge in [-0.05, 0) is 12.8 Å². The van der Waals surface area contributed by atoms with Gasteiger partial charge in [0.1, 0.15) is 6.01 Å². The van der Waals surface area contributed by atoms with Gasteiger partial charge in [-0.15, -0.1) is 0 Å². The van der Waals surface area contributed by atoms with E-state index in [0.29, 0.717) is 0 Å². The Labute approximate surface area is 78.8 Å². The van der Waals surface area contributed by atoms with E-state index in [4.69, 9.17) is 0 Å². The summed E-state index contributed by atoms with van der Waals surface area (Å²) in [6, 6.07) is 2.49. The summed E-state index contributed by atoms with van der Waals surface area (Å²) >= 11 is 0. The molecule has 0 atom stereocenters. The molecule has 1 rings (SSSR count). The van der Waals surface area contributed by atoms with Crippen LogP contribution in [0.4, 0.5) is 0 Å². The van der Waals surface area contributed by atoms with Gasteiger partial charge in [0, 0.05) is 0 Å². The Hall–Kier alpha value is -0.670. The molecule has 13 heavy (non-hydrogen) atoms. The van der Waals surface area contributed by atoms with Crippen LogP contribution in [0.5, 0.6) is 0 Å². The highest BCUT2D eigenvalue weighted by atomic mass is 32.2. The predicted octanol–water partition coefficient (Wildman–Crippen LogP) is 1.45. The summed E-state index contributed by atoms with van der Waals surface area (Å²) in [6.07, 6.45) is 6.72. The summed E-state index contributed by atoms with van der Waals surface area (Å²) in [5, 5.41) is 0. The summed E-state index contributed by atoms with van der Waals surface area (Å²) in [7, 11) is -3.30. The first-order valence-corrected chi connectivity index (χ1v) is 6.29. The Morgan fingerprint density at radius 1 is 1.23 bits per heavy atom. The van der Waals surface area contributed by atoms with Crippen LogP contribution in [-0.2, 0) is 10.0 Å². The zero-order valence-electron chi connectivity index (χ0n) is 7.73. The van der Waals surface area contributed by atoms with Crippen LogP contribution in [-0.4, -0.2) is 26.7 Å². The van der Waals surface area contributed by atoms with Crippen LogP contribution >= 0.6 is 0 Å². The molecule has 0 heterocycles. The lowest BCUT2D eigenvalue weighted by Crippen LogP contribution is -2.08. The first-order valence-electron chi connectivity index (χ1n) is 4.45. The standard InChI is InChI=1S/C8H14N2O2S/c1-13(11,12)10-7-9-8-5-3-2-4-6-8/h8H,2-6H2,1H3. The number of hydrogen-bond donors (Lipinski definition) is 0. The molecule has 74 valence electrons. The Balaban J connectivity index is 2.51. The maximum atomic E-state index is 10.6. The second-order valence-electron chi connectivity index (χ2n) is 3.35. The molecule has 0 unspecified atom stereocenters. The van der Waals surface area contributed by atoms with Crippen molar-refractivity contribution in [2.45, 2.75) is 38.1 Å². The second-order valence-corrected chi connectivity index (χ2v) is 4.99. The lowest BCUT2D eigenvalue weighted by molar-refractivity contribution is 0.444. The van der Waals surface area contributed by atoms with Gasteiger partial charge in [0.05, 0.1) is 12.3 Å². The smallest absolute Gasteiger partial charge is 0.221 e. The zero-order valence-corrected chi connectivity index (χ0v) is 8.55. The lowest BCUT2D eigenvalue weighted by Gasteiger charge is -2.15. The monoisotopic (exact) mass is 202 g/mol. The fourth-order valence-electron chi connectivity index (χ4n) is 1.39. The maximum Gasteiger partial charge on any atom is 0.259 e. The van der Waals surface area contributed by atoms with Gasteiger partial charge in [-0.1, -0.05) is 23.7 Å². The van der Waals surface area contributed by atoms with Crippen molar-refractivity contribution in [3.63, 3.8) is 0 Å². The Morgan fingerprint density at radius 3 is 2.38 bits per heavy atom. The minimum absolute atomic E-state index is 0.235. The van der Waals surface area contributed by atoms with E-state index in [1.165, 1.54) is 19.3 Å². The van der Waals surface area contributed by atoms with Gasteiger partial charge in [0.25, 0.3) is 10.0 Å². The molecule has 0 N–H and O–H groups in total. The van der Waals surface area contributed by atoms with Crippen molar-refractivity contribution in [2.24, 2.45) is 9.39 Å². The summed E-state index contributed by atoms with van der Waals surface area (Å²) in [4.78, 5) is 3.97. The molecule has 0 spiro atoms. The van der Waals surface area contributed by atoms with E-state index in [0.717, 1.165) is 19.1 Å². The van der Waals surface area contributed by atoms with Crippen molar-refractivity contribution >= 4 is 16.0 Å². The quantitative estimate of drug-likeness (QED) is 0.636. The van der Waals surface area contributed by atoms with Crippen LogP contribution in [0.2, 0.25) is 0 Å².